The minimum atomic E-state index is -4.66. The Hall–Kier alpha value is -2.04. The van der Waals surface area contributed by atoms with E-state index in [9.17, 15) is 25.7 Å². The van der Waals surface area contributed by atoms with Crippen molar-refractivity contribution in [3.8, 4) is 0 Å². The summed E-state index contributed by atoms with van der Waals surface area (Å²) in [4.78, 5) is -1.38. The van der Waals surface area contributed by atoms with Gasteiger partial charge in [0.05, 0.1) is 4.90 Å². The van der Waals surface area contributed by atoms with Crippen molar-refractivity contribution in [2.24, 2.45) is 5.14 Å². The quantitative estimate of drug-likeness (QED) is 0.848. The van der Waals surface area contributed by atoms with Gasteiger partial charge in [-0.3, -0.25) is 0 Å². The molecular formula is C12H10F2N2O4S2. The number of rotatable bonds is 4. The lowest BCUT2D eigenvalue weighted by Crippen LogP contribution is -2.25. The summed E-state index contributed by atoms with van der Waals surface area (Å²) in [5.41, 5.74) is -0.896. The standard InChI is InChI=1S/C12H10F2N2O4S2/c13-9-6-7-11(12(8-9)21(15,17)18)16(14)22(19,20)10-4-2-1-3-5-10/h1-8H,(H2,15,17,18). The molecule has 0 heterocycles. The zero-order valence-electron chi connectivity index (χ0n) is 10.8. The average Bonchev–Trinajstić information content (AvgIpc) is 2.46. The van der Waals surface area contributed by atoms with E-state index in [0.29, 0.717) is 12.1 Å². The molecule has 2 rings (SSSR count). The third-order valence-electron chi connectivity index (χ3n) is 2.67. The highest BCUT2D eigenvalue weighted by Gasteiger charge is 2.30. The molecule has 0 unspecified atom stereocenters. The van der Waals surface area contributed by atoms with Gasteiger partial charge in [0.1, 0.15) is 16.4 Å². The molecule has 0 aliphatic heterocycles. The van der Waals surface area contributed by atoms with Crippen LogP contribution in [0.2, 0.25) is 0 Å². The summed E-state index contributed by atoms with van der Waals surface area (Å²) in [5.74, 6) is -1.00. The summed E-state index contributed by atoms with van der Waals surface area (Å²) < 4.78 is 73.8. The summed E-state index contributed by atoms with van der Waals surface area (Å²) in [6, 6.07) is 8.35. The van der Waals surface area contributed by atoms with Gasteiger partial charge in [0, 0.05) is 0 Å². The van der Waals surface area contributed by atoms with Gasteiger partial charge in [-0.15, -0.1) is 0 Å². The van der Waals surface area contributed by atoms with Crippen LogP contribution < -0.4 is 9.67 Å². The van der Waals surface area contributed by atoms with Crippen molar-refractivity contribution in [1.29, 1.82) is 0 Å². The Bertz CT molecular complexity index is 900. The molecule has 0 fully saturated rings. The van der Waals surface area contributed by atoms with Gasteiger partial charge in [-0.25, -0.2) is 17.9 Å². The van der Waals surface area contributed by atoms with E-state index >= 15 is 0 Å². The molecule has 2 N–H and O–H groups in total. The Morgan fingerprint density at radius 1 is 0.955 bits per heavy atom. The van der Waals surface area contributed by atoms with E-state index in [4.69, 9.17) is 5.14 Å². The highest BCUT2D eigenvalue weighted by atomic mass is 32.2. The van der Waals surface area contributed by atoms with Crippen LogP contribution in [0.5, 0.6) is 0 Å². The van der Waals surface area contributed by atoms with E-state index in [1.165, 1.54) is 18.2 Å². The average molecular weight is 348 g/mol. The van der Waals surface area contributed by atoms with E-state index in [1.807, 2.05) is 0 Å². The van der Waals surface area contributed by atoms with Crippen molar-refractivity contribution in [2.75, 3.05) is 4.53 Å². The second-order valence-electron chi connectivity index (χ2n) is 4.19. The molecule has 0 radical (unpaired) electrons. The van der Waals surface area contributed by atoms with Crippen molar-refractivity contribution in [3.63, 3.8) is 0 Å². The fraction of sp³-hybridized carbons (Fsp3) is 0. The number of sulfonamides is 2. The number of halogens is 2. The first-order valence-corrected chi connectivity index (χ1v) is 8.71. The Balaban J connectivity index is 2.63. The number of benzene rings is 2. The highest BCUT2D eigenvalue weighted by molar-refractivity contribution is 7.93. The number of anilines is 1. The monoisotopic (exact) mass is 348 g/mol. The Morgan fingerprint density at radius 2 is 1.55 bits per heavy atom. The molecule has 0 saturated carbocycles. The van der Waals surface area contributed by atoms with Crippen LogP contribution in [0.3, 0.4) is 0 Å². The van der Waals surface area contributed by atoms with E-state index in [2.05, 4.69) is 0 Å². The molecule has 0 spiro atoms. The first-order valence-electron chi connectivity index (χ1n) is 5.72. The third-order valence-corrected chi connectivity index (χ3v) is 5.10. The van der Waals surface area contributed by atoms with Crippen molar-refractivity contribution >= 4 is 25.7 Å². The maximum absolute atomic E-state index is 14.3. The molecular weight excluding hydrogens is 338 g/mol. The molecule has 0 saturated heterocycles. The fourth-order valence-corrected chi connectivity index (χ4v) is 3.55. The predicted octanol–water partition coefficient (Wildman–Crippen LogP) is 1.55. The first kappa shape index (κ1) is 16.3. The Labute approximate surface area is 125 Å². The van der Waals surface area contributed by atoms with E-state index < -0.39 is 45.9 Å². The Morgan fingerprint density at radius 3 is 2.09 bits per heavy atom. The van der Waals surface area contributed by atoms with Gasteiger partial charge in [0.15, 0.2) is 0 Å². The number of nitrogens with zero attached hydrogens (tertiary/aromatic N) is 1. The van der Waals surface area contributed by atoms with Crippen LogP contribution in [-0.4, -0.2) is 16.8 Å². The number of hydrogen-bond donors (Lipinski definition) is 1. The van der Waals surface area contributed by atoms with Gasteiger partial charge in [-0.05, 0) is 30.3 Å². The van der Waals surface area contributed by atoms with Crippen molar-refractivity contribution < 1.29 is 25.7 Å². The largest absolute Gasteiger partial charge is 0.290 e. The van der Waals surface area contributed by atoms with Gasteiger partial charge < -0.3 is 0 Å². The lowest BCUT2D eigenvalue weighted by molar-refractivity contribution is 0.491. The second-order valence-corrected chi connectivity index (χ2v) is 7.46. The van der Waals surface area contributed by atoms with Gasteiger partial charge >= 0.3 is 0 Å². The van der Waals surface area contributed by atoms with Gasteiger partial charge in [0.2, 0.25) is 10.0 Å². The number of nitrogens with two attached hydrogens (primary N) is 1. The van der Waals surface area contributed by atoms with E-state index in [-0.39, 0.29) is 0 Å². The minimum Gasteiger partial charge on any atom is -0.225 e. The highest BCUT2D eigenvalue weighted by Crippen LogP contribution is 2.30. The maximum Gasteiger partial charge on any atom is 0.290 e. The molecule has 2 aromatic rings. The van der Waals surface area contributed by atoms with Crippen LogP contribution in [0, 0.1) is 5.82 Å². The summed E-state index contributed by atoms with van der Waals surface area (Å²) >= 11 is 0. The lowest BCUT2D eigenvalue weighted by atomic mass is 10.3. The molecule has 2 aromatic carbocycles. The van der Waals surface area contributed by atoms with Crippen molar-refractivity contribution in [3.05, 3.63) is 54.3 Å². The van der Waals surface area contributed by atoms with Crippen LogP contribution in [0.1, 0.15) is 0 Å². The molecule has 0 aliphatic rings. The molecule has 0 aromatic heterocycles. The summed E-state index contributed by atoms with van der Waals surface area (Å²) in [7, 11) is -9.19. The third kappa shape index (κ3) is 3.08. The molecule has 22 heavy (non-hydrogen) atoms. The molecule has 10 heteroatoms. The van der Waals surface area contributed by atoms with Gasteiger partial charge in [0.25, 0.3) is 10.0 Å². The molecule has 6 nitrogen and oxygen atoms in total. The van der Waals surface area contributed by atoms with E-state index in [0.717, 1.165) is 18.2 Å². The van der Waals surface area contributed by atoms with Crippen LogP contribution >= 0.6 is 0 Å². The van der Waals surface area contributed by atoms with Crippen LogP contribution in [0.15, 0.2) is 58.3 Å². The number of primary sulfonamides is 1. The van der Waals surface area contributed by atoms with Gasteiger partial charge in [-0.1, -0.05) is 27.2 Å². The minimum absolute atomic E-state index is 0.401. The fourth-order valence-electron chi connectivity index (χ4n) is 1.68. The molecule has 0 atom stereocenters. The summed E-state index contributed by atoms with van der Waals surface area (Å²) in [6.07, 6.45) is 0. The second kappa shape index (κ2) is 5.63. The zero-order valence-corrected chi connectivity index (χ0v) is 12.5. The zero-order chi connectivity index (χ0) is 16.5. The maximum atomic E-state index is 14.3. The lowest BCUT2D eigenvalue weighted by Gasteiger charge is -2.16. The first-order chi connectivity index (χ1) is 10.1. The van der Waals surface area contributed by atoms with Crippen LogP contribution in [0.4, 0.5) is 14.6 Å². The van der Waals surface area contributed by atoms with Crippen molar-refractivity contribution in [1.82, 2.24) is 0 Å². The molecule has 0 bridgehead atoms. The van der Waals surface area contributed by atoms with Crippen molar-refractivity contribution in [2.45, 2.75) is 9.79 Å². The normalized spacial score (nSPS) is 12.1. The molecule has 118 valence electrons. The molecule has 0 amide bonds. The van der Waals surface area contributed by atoms with Gasteiger partial charge in [-0.2, -0.15) is 8.42 Å². The SMILES string of the molecule is NS(=O)(=O)c1cc(F)ccc1N(F)S(=O)(=O)c1ccccc1. The van der Waals surface area contributed by atoms with Crippen LogP contribution in [-0.2, 0) is 20.0 Å². The predicted molar refractivity (Wildman–Crippen MR) is 75.0 cm³/mol. The molecule has 0 aliphatic carbocycles. The summed E-state index contributed by atoms with van der Waals surface area (Å²) in [6.45, 7) is 0. The summed E-state index contributed by atoms with van der Waals surface area (Å²) in [5, 5.41) is 4.86. The topological polar surface area (TPSA) is 97.5 Å². The van der Waals surface area contributed by atoms with E-state index in [1.54, 1.807) is 0 Å². The Kier molecular flexibility index (Phi) is 4.18. The smallest absolute Gasteiger partial charge is 0.225 e. The van der Waals surface area contributed by atoms with Crippen LogP contribution in [0.25, 0.3) is 0 Å². The number of hydrogen-bond acceptors (Lipinski definition) is 4.